The molecule has 2 fully saturated rings. The molecule has 2 saturated heterocycles. The van der Waals surface area contributed by atoms with Crippen LogP contribution in [0.3, 0.4) is 0 Å². The molecule has 2 aliphatic heterocycles. The first-order valence-corrected chi connectivity index (χ1v) is 15.6. The minimum Gasteiger partial charge on any atom is -0.493 e. The zero-order valence-electron chi connectivity index (χ0n) is 24.4. The predicted molar refractivity (Wildman–Crippen MR) is 164 cm³/mol. The van der Waals surface area contributed by atoms with Crippen molar-refractivity contribution in [3.63, 3.8) is 0 Å². The Labute approximate surface area is 261 Å². The smallest absolute Gasteiger partial charge is 0.416 e. The zero-order valence-corrected chi connectivity index (χ0v) is 25.2. The van der Waals surface area contributed by atoms with E-state index in [9.17, 15) is 32.9 Å². The first-order chi connectivity index (χ1) is 21.5. The van der Waals surface area contributed by atoms with Crippen LogP contribution in [0.25, 0.3) is 16.9 Å². The first kappa shape index (κ1) is 32.1. The standard InChI is InChI=1S/C30H33F3N6O5S/c1-34-22-11-9-19(39(42)43)14-25(22)38-15-23(35-17-38)21-10-8-18(30(31,32)33)13-26(21)44-12-4-6-20(40)5-2-3-7-27-28-24(16-45-27)36-29(41)37-28/h8-11,13-15,17,24,27-28,34H,2-7,12,16H2,1H3,(H2,36,37,41)/t24-,27-,28-/m0/s1. The molecule has 3 heterocycles. The Kier molecular flexibility index (Phi) is 9.85. The highest BCUT2D eigenvalue weighted by Gasteiger charge is 2.42. The van der Waals surface area contributed by atoms with Crippen molar-refractivity contribution in [1.82, 2.24) is 20.2 Å². The average Bonchev–Trinajstić information content (AvgIpc) is 3.73. The van der Waals surface area contributed by atoms with E-state index in [0.29, 0.717) is 40.7 Å². The number of nitrogens with one attached hydrogen (secondary N) is 3. The molecule has 3 atom stereocenters. The highest BCUT2D eigenvalue weighted by molar-refractivity contribution is 8.00. The third-order valence-electron chi connectivity index (χ3n) is 7.90. The van der Waals surface area contributed by atoms with Crippen molar-refractivity contribution in [2.24, 2.45) is 0 Å². The molecule has 2 aliphatic rings. The van der Waals surface area contributed by atoms with E-state index in [-0.39, 0.29) is 48.4 Å². The minimum atomic E-state index is -4.59. The number of thioether (sulfide) groups is 1. The number of anilines is 1. The zero-order chi connectivity index (χ0) is 32.1. The summed E-state index contributed by atoms with van der Waals surface area (Å²) in [6.07, 6.45) is 1.88. The van der Waals surface area contributed by atoms with Crippen LogP contribution in [0.4, 0.5) is 29.3 Å². The number of carbonyl (C=O) groups is 2. The highest BCUT2D eigenvalue weighted by Crippen LogP contribution is 2.38. The molecule has 0 radical (unpaired) electrons. The number of fused-ring (bicyclic) bond motifs is 1. The number of non-ortho nitro benzene ring substituents is 1. The van der Waals surface area contributed by atoms with Crippen LogP contribution in [-0.2, 0) is 11.0 Å². The molecule has 240 valence electrons. The summed E-state index contributed by atoms with van der Waals surface area (Å²) in [5, 5.41) is 20.5. The number of alkyl halides is 3. The number of nitrogens with zero attached hydrogens (tertiary/aromatic N) is 3. The molecule has 45 heavy (non-hydrogen) atoms. The maximum absolute atomic E-state index is 13.5. The number of nitro groups is 1. The Morgan fingerprint density at radius 2 is 1.98 bits per heavy atom. The quantitative estimate of drug-likeness (QED) is 0.0844. The van der Waals surface area contributed by atoms with Crippen LogP contribution in [0, 0.1) is 10.1 Å². The van der Waals surface area contributed by atoms with Crippen molar-refractivity contribution in [2.75, 3.05) is 24.7 Å². The number of ether oxygens (including phenoxy) is 1. The topological polar surface area (TPSA) is 140 Å². The van der Waals surface area contributed by atoms with Crippen molar-refractivity contribution >= 4 is 35.0 Å². The van der Waals surface area contributed by atoms with Crippen LogP contribution in [0.2, 0.25) is 0 Å². The molecule has 3 N–H and O–H groups in total. The number of hydrogen-bond acceptors (Lipinski definition) is 8. The molecule has 15 heteroatoms. The lowest BCUT2D eigenvalue weighted by Crippen LogP contribution is -2.36. The fourth-order valence-corrected chi connectivity index (χ4v) is 7.11. The van der Waals surface area contributed by atoms with Crippen LogP contribution in [-0.4, -0.2) is 63.0 Å². The molecule has 0 aliphatic carbocycles. The van der Waals surface area contributed by atoms with Gasteiger partial charge < -0.3 is 25.3 Å². The van der Waals surface area contributed by atoms with E-state index >= 15 is 0 Å². The third-order valence-corrected chi connectivity index (χ3v) is 9.41. The molecule has 1 aromatic heterocycles. The Balaban J connectivity index is 1.18. The van der Waals surface area contributed by atoms with E-state index in [0.717, 1.165) is 37.1 Å². The maximum atomic E-state index is 13.5. The Morgan fingerprint density at radius 1 is 1.18 bits per heavy atom. The van der Waals surface area contributed by atoms with Gasteiger partial charge in [-0.05, 0) is 43.5 Å². The lowest BCUT2D eigenvalue weighted by Gasteiger charge is -2.16. The van der Waals surface area contributed by atoms with Crippen LogP contribution >= 0.6 is 11.8 Å². The summed E-state index contributed by atoms with van der Waals surface area (Å²) >= 11 is 1.83. The Hall–Kier alpha value is -4.27. The largest absolute Gasteiger partial charge is 0.493 e. The van der Waals surface area contributed by atoms with Crippen LogP contribution in [0.1, 0.15) is 44.1 Å². The van der Waals surface area contributed by atoms with Gasteiger partial charge in [0.1, 0.15) is 11.5 Å². The van der Waals surface area contributed by atoms with E-state index in [2.05, 4.69) is 20.9 Å². The summed E-state index contributed by atoms with van der Waals surface area (Å²) in [5.41, 5.74) is 0.631. The summed E-state index contributed by atoms with van der Waals surface area (Å²) < 4.78 is 47.9. The van der Waals surface area contributed by atoms with Gasteiger partial charge in [-0.1, -0.05) is 6.42 Å². The fourth-order valence-electron chi connectivity index (χ4n) is 5.57. The molecule has 0 bridgehead atoms. The van der Waals surface area contributed by atoms with Crippen molar-refractivity contribution in [1.29, 1.82) is 0 Å². The number of rotatable bonds is 14. The van der Waals surface area contributed by atoms with E-state index in [1.807, 2.05) is 11.8 Å². The monoisotopic (exact) mass is 646 g/mol. The SMILES string of the molecule is CNc1ccc([N+](=O)[O-])cc1-n1cnc(-c2ccc(C(F)(F)F)cc2OCCCC(=O)CCCC[C@@H]2SC[C@@H]3NC(=O)N[C@@H]32)c1. The van der Waals surface area contributed by atoms with Crippen molar-refractivity contribution in [2.45, 2.75) is 62.0 Å². The summed E-state index contributed by atoms with van der Waals surface area (Å²) in [6, 6.07) is 7.60. The summed E-state index contributed by atoms with van der Waals surface area (Å²) in [7, 11) is 1.66. The minimum absolute atomic E-state index is 0.0312. The van der Waals surface area contributed by atoms with Crippen molar-refractivity contribution < 1.29 is 32.4 Å². The summed E-state index contributed by atoms with van der Waals surface area (Å²) in [5.74, 6) is 0.917. The third kappa shape index (κ3) is 7.70. The van der Waals surface area contributed by atoms with Crippen LogP contribution < -0.4 is 20.7 Å². The fraction of sp³-hybridized carbons (Fsp3) is 0.433. The van der Waals surface area contributed by atoms with E-state index in [4.69, 9.17) is 4.74 Å². The van der Waals surface area contributed by atoms with Crippen molar-refractivity contribution in [3.8, 4) is 22.7 Å². The predicted octanol–water partition coefficient (Wildman–Crippen LogP) is 5.96. The van der Waals surface area contributed by atoms with Gasteiger partial charge in [0, 0.05) is 54.8 Å². The number of Topliss-reactive ketones (excluding diaryl/α,β-unsaturated/α-hetero) is 1. The molecule has 3 aromatic rings. The molecular weight excluding hydrogens is 613 g/mol. The van der Waals surface area contributed by atoms with E-state index in [1.165, 1.54) is 24.5 Å². The number of ketones is 1. The molecule has 0 saturated carbocycles. The number of aromatic nitrogens is 2. The van der Waals surface area contributed by atoms with Gasteiger partial charge >= 0.3 is 12.2 Å². The number of amides is 2. The summed E-state index contributed by atoms with van der Waals surface area (Å²) in [6.45, 7) is 0.0318. The Morgan fingerprint density at radius 3 is 2.73 bits per heavy atom. The van der Waals surface area contributed by atoms with Gasteiger partial charge in [-0.2, -0.15) is 24.9 Å². The molecule has 5 rings (SSSR count). The van der Waals surface area contributed by atoms with Gasteiger partial charge in [-0.25, -0.2) is 9.78 Å². The second-order valence-corrected chi connectivity index (χ2v) is 12.2. The molecular formula is C30H33F3N6O5S. The van der Waals surface area contributed by atoms with E-state index in [1.54, 1.807) is 23.9 Å². The lowest BCUT2D eigenvalue weighted by atomic mass is 10.0. The second kappa shape index (κ2) is 13.8. The molecule has 0 spiro atoms. The average molecular weight is 647 g/mol. The molecule has 0 unspecified atom stereocenters. The number of unbranched alkanes of at least 4 members (excludes halogenated alkanes) is 1. The highest BCUT2D eigenvalue weighted by atomic mass is 32.2. The number of urea groups is 1. The maximum Gasteiger partial charge on any atom is 0.416 e. The number of benzene rings is 2. The van der Waals surface area contributed by atoms with Gasteiger partial charge in [0.25, 0.3) is 5.69 Å². The van der Waals surface area contributed by atoms with Gasteiger partial charge in [0.05, 0.1) is 52.6 Å². The van der Waals surface area contributed by atoms with Gasteiger partial charge in [-0.3, -0.25) is 14.9 Å². The second-order valence-electron chi connectivity index (χ2n) is 10.9. The van der Waals surface area contributed by atoms with Crippen molar-refractivity contribution in [3.05, 3.63) is 64.6 Å². The number of nitro benzene ring substituents is 1. The van der Waals surface area contributed by atoms with E-state index < -0.39 is 16.7 Å². The normalized spacial score (nSPS) is 19.1. The van der Waals surface area contributed by atoms with Gasteiger partial charge in [0.2, 0.25) is 0 Å². The molecule has 11 nitrogen and oxygen atoms in total. The van der Waals surface area contributed by atoms with Crippen LogP contribution in [0.5, 0.6) is 5.75 Å². The number of halogens is 3. The van der Waals surface area contributed by atoms with Gasteiger partial charge in [-0.15, -0.1) is 0 Å². The summed E-state index contributed by atoms with van der Waals surface area (Å²) in [4.78, 5) is 39.1. The Bertz CT molecular complexity index is 1570. The first-order valence-electron chi connectivity index (χ1n) is 14.6. The number of carbonyl (C=O) groups excluding carboxylic acids is 2. The number of hydrogen-bond donors (Lipinski definition) is 3. The molecule has 2 amide bonds. The number of imidazole rings is 1. The molecule has 2 aromatic carbocycles. The van der Waals surface area contributed by atoms with Gasteiger partial charge in [0.15, 0.2) is 0 Å². The lowest BCUT2D eigenvalue weighted by molar-refractivity contribution is -0.384. The van der Waals surface area contributed by atoms with Crippen LogP contribution in [0.15, 0.2) is 48.9 Å².